The number of hydrogen-bond donors (Lipinski definition) is 2. The number of benzene rings is 1. The molecule has 38 heavy (non-hydrogen) atoms. The van der Waals surface area contributed by atoms with Gasteiger partial charge in [-0.05, 0) is 93.6 Å². The molecule has 11 heteroatoms. The Balaban J connectivity index is 1.32. The molecule has 0 aliphatic heterocycles. The maximum Gasteiger partial charge on any atom is 0.333 e. The molecule has 4 aromatic rings. The Kier molecular flexibility index (Phi) is 5.99. The number of fused-ring (bicyclic) bond motifs is 2. The van der Waals surface area contributed by atoms with Gasteiger partial charge < -0.3 is 10.2 Å². The first-order valence-corrected chi connectivity index (χ1v) is 14.3. The number of aryl methyl sites for hydroxylation is 2. The van der Waals surface area contributed by atoms with Gasteiger partial charge in [0.05, 0.1) is 22.9 Å². The lowest BCUT2D eigenvalue weighted by Crippen LogP contribution is -2.35. The van der Waals surface area contributed by atoms with E-state index in [4.69, 9.17) is 0 Å². The predicted octanol–water partition coefficient (Wildman–Crippen LogP) is 3.90. The van der Waals surface area contributed by atoms with Crippen LogP contribution in [0, 0.1) is 6.92 Å². The van der Waals surface area contributed by atoms with Crippen LogP contribution >= 0.6 is 0 Å². The van der Waals surface area contributed by atoms with E-state index in [1.165, 1.54) is 5.56 Å². The van der Waals surface area contributed by atoms with Crippen molar-refractivity contribution in [1.82, 2.24) is 29.0 Å². The highest BCUT2D eigenvalue weighted by atomic mass is 32.2. The average molecular weight is 534 g/mol. The Morgan fingerprint density at radius 3 is 2.74 bits per heavy atom. The molecule has 0 atom stereocenters. The molecule has 2 amide bonds. The third kappa shape index (κ3) is 4.56. The number of hydrogen-bond acceptors (Lipinski definition) is 6. The number of pyridine rings is 1. The van der Waals surface area contributed by atoms with Gasteiger partial charge in [0.25, 0.3) is 10.0 Å². The third-order valence-electron chi connectivity index (χ3n) is 7.19. The molecule has 1 aromatic carbocycles. The molecule has 1 saturated carbocycles. The number of nitrogens with one attached hydrogen (secondary N) is 2. The van der Waals surface area contributed by atoms with Gasteiger partial charge in [-0.15, -0.1) is 0 Å². The normalized spacial score (nSPS) is 15.3. The van der Waals surface area contributed by atoms with Crippen molar-refractivity contribution in [2.24, 2.45) is 0 Å². The summed E-state index contributed by atoms with van der Waals surface area (Å²) >= 11 is 0. The van der Waals surface area contributed by atoms with E-state index < -0.39 is 16.1 Å². The minimum atomic E-state index is -4.17. The Labute approximate surface area is 221 Å². The molecule has 2 aliphatic rings. The maximum atomic E-state index is 13.2. The second-order valence-corrected chi connectivity index (χ2v) is 12.1. The summed E-state index contributed by atoms with van der Waals surface area (Å²) in [5.74, 6) is 0. The summed E-state index contributed by atoms with van der Waals surface area (Å²) in [6.45, 7) is 2.58. The van der Waals surface area contributed by atoms with Crippen LogP contribution in [0.5, 0.6) is 0 Å². The SMILES string of the molecule is Cc1cc2c(c(NC(=O)NS(=O)(=O)c3cc(CN(C)C)n(C4CC4)n3)c1-c1ccn3nccc3c1)CCC2. The van der Waals surface area contributed by atoms with Crippen molar-refractivity contribution >= 4 is 27.3 Å². The van der Waals surface area contributed by atoms with Gasteiger partial charge in [-0.25, -0.2) is 14.0 Å². The van der Waals surface area contributed by atoms with Gasteiger partial charge in [0.15, 0.2) is 5.03 Å². The van der Waals surface area contributed by atoms with E-state index in [0.29, 0.717) is 12.2 Å². The summed E-state index contributed by atoms with van der Waals surface area (Å²) in [4.78, 5) is 15.2. The fourth-order valence-corrected chi connectivity index (χ4v) is 6.30. The summed E-state index contributed by atoms with van der Waals surface area (Å²) in [6.07, 6.45) is 8.30. The molecule has 10 nitrogen and oxygen atoms in total. The number of urea groups is 1. The number of rotatable bonds is 7. The van der Waals surface area contributed by atoms with Crippen LogP contribution in [0.4, 0.5) is 10.5 Å². The number of anilines is 1. The second-order valence-electron chi connectivity index (χ2n) is 10.5. The number of carbonyl (C=O) groups excluding carboxylic acids is 1. The zero-order chi connectivity index (χ0) is 26.6. The molecular formula is C27H31N7O3S. The van der Waals surface area contributed by atoms with Gasteiger partial charge in [-0.2, -0.15) is 18.6 Å². The molecule has 198 valence electrons. The summed E-state index contributed by atoms with van der Waals surface area (Å²) in [6, 6.07) is 9.05. The van der Waals surface area contributed by atoms with Crippen molar-refractivity contribution in [3.05, 3.63) is 65.1 Å². The highest BCUT2D eigenvalue weighted by Gasteiger charge is 2.31. The van der Waals surface area contributed by atoms with E-state index >= 15 is 0 Å². The van der Waals surface area contributed by atoms with Crippen LogP contribution in [-0.2, 0) is 29.4 Å². The fourth-order valence-electron chi connectivity index (χ4n) is 5.41. The molecule has 2 aliphatic carbocycles. The molecule has 6 rings (SSSR count). The second kappa shape index (κ2) is 9.25. The molecule has 0 radical (unpaired) electrons. The predicted molar refractivity (Wildman–Crippen MR) is 145 cm³/mol. The Morgan fingerprint density at radius 2 is 1.97 bits per heavy atom. The molecule has 1 fully saturated rings. The summed E-state index contributed by atoms with van der Waals surface area (Å²) in [5.41, 5.74) is 7.47. The third-order valence-corrected chi connectivity index (χ3v) is 8.39. The van der Waals surface area contributed by atoms with E-state index in [1.807, 2.05) is 50.3 Å². The molecule has 0 bridgehead atoms. The Hall–Kier alpha value is -3.70. The van der Waals surface area contributed by atoms with Crippen LogP contribution in [0.25, 0.3) is 16.6 Å². The average Bonchev–Trinajstić information content (AvgIpc) is 3.22. The molecule has 0 spiro atoms. The van der Waals surface area contributed by atoms with E-state index in [0.717, 1.165) is 65.6 Å². The first-order chi connectivity index (χ1) is 18.2. The van der Waals surface area contributed by atoms with E-state index in [9.17, 15) is 13.2 Å². The standard InChI is InChI=1S/C27H31N7O3S/c1-17-13-18-5-4-6-23(18)26(25(17)19-10-12-33-21(14-19)9-11-28-33)29-27(35)31-38(36,37)24-15-22(16-32(2)3)34(30-24)20-7-8-20/h9-15,20H,4-8,16H2,1-3H3,(H2,29,31,35). The zero-order valence-corrected chi connectivity index (χ0v) is 22.5. The van der Waals surface area contributed by atoms with Crippen LogP contribution in [0.2, 0.25) is 0 Å². The largest absolute Gasteiger partial charge is 0.333 e. The summed E-state index contributed by atoms with van der Waals surface area (Å²) in [5, 5.41) is 11.4. The lowest BCUT2D eigenvalue weighted by molar-refractivity contribution is 0.256. The van der Waals surface area contributed by atoms with Crippen molar-refractivity contribution in [2.45, 2.75) is 56.6 Å². The van der Waals surface area contributed by atoms with Gasteiger partial charge in [-0.1, -0.05) is 6.07 Å². The van der Waals surface area contributed by atoms with Crippen molar-refractivity contribution < 1.29 is 13.2 Å². The van der Waals surface area contributed by atoms with Crippen LogP contribution < -0.4 is 10.0 Å². The minimum absolute atomic E-state index is 0.141. The molecular weight excluding hydrogens is 502 g/mol. The van der Waals surface area contributed by atoms with Gasteiger partial charge in [0, 0.05) is 30.6 Å². The van der Waals surface area contributed by atoms with Crippen LogP contribution in [0.1, 0.15) is 47.7 Å². The quantitative estimate of drug-likeness (QED) is 0.373. The molecule has 3 heterocycles. The van der Waals surface area contributed by atoms with Gasteiger partial charge in [-0.3, -0.25) is 4.68 Å². The first kappa shape index (κ1) is 24.6. The lowest BCUT2D eigenvalue weighted by Gasteiger charge is -2.19. The maximum absolute atomic E-state index is 13.2. The monoisotopic (exact) mass is 533 g/mol. The van der Waals surface area contributed by atoms with Crippen LogP contribution in [-0.4, -0.2) is 52.8 Å². The van der Waals surface area contributed by atoms with E-state index in [2.05, 4.69) is 26.3 Å². The summed E-state index contributed by atoms with van der Waals surface area (Å²) < 4.78 is 32.2. The van der Waals surface area contributed by atoms with Crippen molar-refractivity contribution in [1.29, 1.82) is 0 Å². The summed E-state index contributed by atoms with van der Waals surface area (Å²) in [7, 11) is -0.323. The Bertz CT molecular complexity index is 1670. The zero-order valence-electron chi connectivity index (χ0n) is 21.7. The van der Waals surface area contributed by atoms with E-state index in [-0.39, 0.29) is 11.1 Å². The number of aromatic nitrogens is 4. The van der Waals surface area contributed by atoms with Crippen molar-refractivity contribution in [3.8, 4) is 11.1 Å². The van der Waals surface area contributed by atoms with Crippen molar-refractivity contribution in [3.63, 3.8) is 0 Å². The molecule has 0 saturated heterocycles. The topological polar surface area (TPSA) is 114 Å². The number of nitrogens with zero attached hydrogens (tertiary/aromatic N) is 5. The van der Waals surface area contributed by atoms with Gasteiger partial charge in [0.1, 0.15) is 0 Å². The molecule has 2 N–H and O–H groups in total. The lowest BCUT2D eigenvalue weighted by atomic mass is 9.93. The fraction of sp³-hybridized carbons (Fsp3) is 0.370. The highest BCUT2D eigenvalue weighted by molar-refractivity contribution is 7.90. The van der Waals surface area contributed by atoms with Crippen LogP contribution in [0.15, 0.2) is 47.8 Å². The van der Waals surface area contributed by atoms with E-state index in [1.54, 1.807) is 21.5 Å². The smallest absolute Gasteiger partial charge is 0.306 e. The number of sulfonamides is 1. The van der Waals surface area contributed by atoms with Gasteiger partial charge in [0.2, 0.25) is 0 Å². The number of carbonyl (C=O) groups is 1. The minimum Gasteiger partial charge on any atom is -0.306 e. The highest BCUT2D eigenvalue weighted by Crippen LogP contribution is 2.40. The first-order valence-electron chi connectivity index (χ1n) is 12.9. The molecule has 3 aromatic heterocycles. The Morgan fingerprint density at radius 1 is 1.16 bits per heavy atom. The van der Waals surface area contributed by atoms with Crippen molar-refractivity contribution in [2.75, 3.05) is 19.4 Å². The van der Waals surface area contributed by atoms with Gasteiger partial charge >= 0.3 is 6.03 Å². The van der Waals surface area contributed by atoms with Crippen LogP contribution in [0.3, 0.4) is 0 Å². The molecule has 0 unspecified atom stereocenters. The number of amides is 2.